The van der Waals surface area contributed by atoms with Gasteiger partial charge in [-0.1, -0.05) is 38.8 Å². The van der Waals surface area contributed by atoms with Crippen molar-refractivity contribution in [3.8, 4) is 0 Å². The zero-order valence-corrected chi connectivity index (χ0v) is 7.40. The molecule has 0 heterocycles. The molecule has 0 aromatic heterocycles. The van der Waals surface area contributed by atoms with Gasteiger partial charge in [0.1, 0.15) is 0 Å². The molecule has 0 amide bonds. The minimum atomic E-state index is 1.08. The van der Waals surface area contributed by atoms with Crippen molar-refractivity contribution in [1.29, 1.82) is 0 Å². The summed E-state index contributed by atoms with van der Waals surface area (Å²) in [6.07, 6.45) is 8.68. The van der Waals surface area contributed by atoms with E-state index in [9.17, 15) is 0 Å². The van der Waals surface area contributed by atoms with Crippen LogP contribution < -0.4 is 0 Å². The predicted molar refractivity (Wildman–Crippen MR) is 50.2 cm³/mol. The van der Waals surface area contributed by atoms with Crippen LogP contribution in [-0.4, -0.2) is 0 Å². The highest BCUT2D eigenvalue weighted by Crippen LogP contribution is 1.91. The summed E-state index contributed by atoms with van der Waals surface area (Å²) in [5.74, 6) is 0. The van der Waals surface area contributed by atoms with Gasteiger partial charge in [-0.2, -0.15) is 0 Å². The zero-order valence-electron chi connectivity index (χ0n) is 7.40. The molecule has 0 aliphatic carbocycles. The number of hydrogen-bond donors (Lipinski definition) is 0. The number of allylic oxidation sites excluding steroid dienone is 2. The van der Waals surface area contributed by atoms with Crippen molar-refractivity contribution in [3.63, 3.8) is 0 Å². The van der Waals surface area contributed by atoms with Crippen molar-refractivity contribution < 1.29 is 0 Å². The molecule has 0 aromatic rings. The Hall–Kier alpha value is -0.520. The topological polar surface area (TPSA) is 0 Å². The first-order chi connectivity index (χ1) is 4.83. The summed E-state index contributed by atoms with van der Waals surface area (Å²) in [5, 5.41) is 0. The Balaban J connectivity index is 0. The molecule has 0 N–H and O–H groups in total. The quantitative estimate of drug-likeness (QED) is 0.410. The fourth-order valence-corrected chi connectivity index (χ4v) is 0.348. The van der Waals surface area contributed by atoms with E-state index < -0.39 is 0 Å². The molecule has 0 unspecified atom stereocenters. The maximum Gasteiger partial charge on any atom is -0.0354 e. The molecule has 0 spiro atoms. The van der Waals surface area contributed by atoms with Gasteiger partial charge in [0.15, 0.2) is 0 Å². The van der Waals surface area contributed by atoms with Gasteiger partial charge in [0.05, 0.1) is 0 Å². The third kappa shape index (κ3) is 25.9. The van der Waals surface area contributed by atoms with E-state index in [0.29, 0.717) is 0 Å². The summed E-state index contributed by atoms with van der Waals surface area (Å²) in [6, 6.07) is 0. The van der Waals surface area contributed by atoms with Gasteiger partial charge in [0.2, 0.25) is 0 Å². The second-order valence-electron chi connectivity index (χ2n) is 2.13. The lowest BCUT2D eigenvalue weighted by atomic mass is 10.3. The number of hydrogen-bond acceptors (Lipinski definition) is 0. The summed E-state index contributed by atoms with van der Waals surface area (Å²) in [4.78, 5) is 0. The third-order valence-electron chi connectivity index (χ3n) is 1.05. The summed E-state index contributed by atoms with van der Waals surface area (Å²) in [6.45, 7) is 11.3. The monoisotopic (exact) mass is 140 g/mol. The Morgan fingerprint density at radius 3 is 1.70 bits per heavy atom. The van der Waals surface area contributed by atoms with Gasteiger partial charge in [0, 0.05) is 0 Å². The Kier molecular flexibility index (Phi) is 19.3. The molecule has 0 saturated heterocycles. The van der Waals surface area contributed by atoms with Gasteiger partial charge >= 0.3 is 0 Å². The molecule has 0 atom stereocenters. The molecule has 0 bridgehead atoms. The lowest BCUT2D eigenvalue weighted by molar-refractivity contribution is 0.816. The second-order valence-corrected chi connectivity index (χ2v) is 2.13. The SMILES string of the molecule is C=CCC.C=CCCCC. The summed E-state index contributed by atoms with van der Waals surface area (Å²) < 4.78 is 0. The summed E-state index contributed by atoms with van der Waals surface area (Å²) in [5.41, 5.74) is 0. The molecule has 10 heavy (non-hydrogen) atoms. The van der Waals surface area contributed by atoms with E-state index in [1.54, 1.807) is 0 Å². The molecule has 0 rings (SSSR count). The Morgan fingerprint density at radius 2 is 1.60 bits per heavy atom. The Labute approximate surface area is 65.7 Å². The largest absolute Gasteiger partial charge is 0.103 e. The Morgan fingerprint density at radius 1 is 1.10 bits per heavy atom. The molecule has 0 aliphatic rings. The first-order valence-electron chi connectivity index (χ1n) is 4.05. The van der Waals surface area contributed by atoms with Gasteiger partial charge in [-0.05, 0) is 12.8 Å². The van der Waals surface area contributed by atoms with Crippen LogP contribution in [-0.2, 0) is 0 Å². The Bertz CT molecular complexity index is 62.4. The van der Waals surface area contributed by atoms with Crippen LogP contribution in [0.25, 0.3) is 0 Å². The van der Waals surface area contributed by atoms with E-state index in [4.69, 9.17) is 0 Å². The summed E-state index contributed by atoms with van der Waals surface area (Å²) in [7, 11) is 0. The lowest BCUT2D eigenvalue weighted by Crippen LogP contribution is -1.61. The van der Waals surface area contributed by atoms with E-state index in [1.165, 1.54) is 19.3 Å². The van der Waals surface area contributed by atoms with Crippen molar-refractivity contribution in [3.05, 3.63) is 25.3 Å². The van der Waals surface area contributed by atoms with Crippen molar-refractivity contribution >= 4 is 0 Å². The smallest absolute Gasteiger partial charge is 0.0354 e. The molecule has 0 aliphatic heterocycles. The van der Waals surface area contributed by atoms with Crippen molar-refractivity contribution in [1.82, 2.24) is 0 Å². The lowest BCUT2D eigenvalue weighted by Gasteiger charge is -1.81. The van der Waals surface area contributed by atoms with Crippen LogP contribution in [0.2, 0.25) is 0 Å². The molecule has 60 valence electrons. The maximum atomic E-state index is 3.60. The molecule has 0 nitrogen and oxygen atoms in total. The van der Waals surface area contributed by atoms with E-state index >= 15 is 0 Å². The summed E-state index contributed by atoms with van der Waals surface area (Å²) >= 11 is 0. The number of unbranched alkanes of at least 4 members (excludes halogenated alkanes) is 2. The van der Waals surface area contributed by atoms with E-state index in [0.717, 1.165) is 6.42 Å². The van der Waals surface area contributed by atoms with E-state index in [2.05, 4.69) is 27.0 Å². The van der Waals surface area contributed by atoms with Crippen LogP contribution in [0.3, 0.4) is 0 Å². The normalized spacial score (nSPS) is 7.40. The van der Waals surface area contributed by atoms with Crippen molar-refractivity contribution in [2.24, 2.45) is 0 Å². The highest BCUT2D eigenvalue weighted by Gasteiger charge is 1.71. The van der Waals surface area contributed by atoms with Gasteiger partial charge in [-0.25, -0.2) is 0 Å². The average molecular weight is 140 g/mol. The van der Waals surface area contributed by atoms with Gasteiger partial charge in [-0.3, -0.25) is 0 Å². The van der Waals surface area contributed by atoms with Crippen LogP contribution in [0, 0.1) is 0 Å². The van der Waals surface area contributed by atoms with Crippen LogP contribution in [0.15, 0.2) is 25.3 Å². The standard InChI is InChI=1S/C6H12.C4H8/c1-3-5-6-4-2;1-3-4-2/h3H,1,4-6H2,2H3;3H,1,4H2,2H3. The first kappa shape index (κ1) is 12.2. The van der Waals surface area contributed by atoms with Gasteiger partial charge in [-0.15, -0.1) is 13.2 Å². The minimum Gasteiger partial charge on any atom is -0.103 e. The third-order valence-corrected chi connectivity index (χ3v) is 1.05. The highest BCUT2D eigenvalue weighted by molar-refractivity contribution is 4.64. The molecule has 0 saturated carbocycles. The number of rotatable bonds is 4. The molecule has 0 heteroatoms. The van der Waals surface area contributed by atoms with Crippen LogP contribution >= 0.6 is 0 Å². The van der Waals surface area contributed by atoms with Crippen molar-refractivity contribution in [2.75, 3.05) is 0 Å². The molecule has 0 aromatic carbocycles. The molecular formula is C10H20. The van der Waals surface area contributed by atoms with Crippen LogP contribution in [0.4, 0.5) is 0 Å². The predicted octanol–water partition coefficient (Wildman–Crippen LogP) is 3.95. The van der Waals surface area contributed by atoms with Gasteiger partial charge in [0.25, 0.3) is 0 Å². The highest BCUT2D eigenvalue weighted by atomic mass is 13.8. The molecular weight excluding hydrogens is 120 g/mol. The van der Waals surface area contributed by atoms with Crippen LogP contribution in [0.1, 0.15) is 39.5 Å². The molecule has 0 radical (unpaired) electrons. The zero-order chi connectivity index (χ0) is 8.24. The maximum absolute atomic E-state index is 3.60. The van der Waals surface area contributed by atoms with Crippen LogP contribution in [0.5, 0.6) is 0 Å². The van der Waals surface area contributed by atoms with Crippen molar-refractivity contribution in [2.45, 2.75) is 39.5 Å². The fraction of sp³-hybridized carbons (Fsp3) is 0.600. The fourth-order valence-electron chi connectivity index (χ4n) is 0.348. The second kappa shape index (κ2) is 15.8. The van der Waals surface area contributed by atoms with Gasteiger partial charge < -0.3 is 0 Å². The minimum absolute atomic E-state index is 1.08. The van der Waals surface area contributed by atoms with E-state index in [-0.39, 0.29) is 0 Å². The first-order valence-corrected chi connectivity index (χ1v) is 4.05. The van der Waals surface area contributed by atoms with E-state index in [1.807, 2.05) is 12.2 Å². The average Bonchev–Trinajstić information content (AvgIpc) is 2.01. The molecule has 0 fully saturated rings.